The third-order valence-corrected chi connectivity index (χ3v) is 2.03. The number of amides is 1. The van der Waals surface area contributed by atoms with Crippen LogP contribution in [0, 0.1) is 13.8 Å². The first-order chi connectivity index (χ1) is 8.63. The van der Waals surface area contributed by atoms with Crippen LogP contribution >= 0.6 is 0 Å². The Morgan fingerprint density at radius 3 is 2.89 bits per heavy atom. The fraction of sp³-hybridized carbons (Fsp3) is 0.273. The van der Waals surface area contributed by atoms with Crippen LogP contribution < -0.4 is 10.1 Å². The second-order valence-electron chi connectivity index (χ2n) is 3.66. The number of hydrogen-bond donors (Lipinski definition) is 1. The number of aromatic nitrogens is 3. The Balaban J connectivity index is 1.85. The first-order valence-electron chi connectivity index (χ1n) is 5.28. The van der Waals surface area contributed by atoms with Gasteiger partial charge in [0.15, 0.2) is 12.4 Å². The number of carbonyl (C=O) groups is 1. The average Bonchev–Trinajstić information content (AvgIpc) is 2.72. The highest BCUT2D eigenvalue weighted by atomic mass is 16.5. The molecule has 0 fully saturated rings. The maximum absolute atomic E-state index is 11.5. The van der Waals surface area contributed by atoms with E-state index in [0.717, 1.165) is 5.69 Å². The molecule has 2 aromatic rings. The Kier molecular flexibility index (Phi) is 3.52. The first kappa shape index (κ1) is 12.0. The number of aryl methyl sites for hydroxylation is 2. The Morgan fingerprint density at radius 1 is 1.39 bits per heavy atom. The zero-order valence-electron chi connectivity index (χ0n) is 10.0. The molecule has 18 heavy (non-hydrogen) atoms. The molecule has 7 nitrogen and oxygen atoms in total. The van der Waals surface area contributed by atoms with Crippen LogP contribution in [0.5, 0.6) is 5.88 Å². The van der Waals surface area contributed by atoms with Crippen molar-refractivity contribution in [1.29, 1.82) is 0 Å². The molecule has 0 atom stereocenters. The van der Waals surface area contributed by atoms with Crippen LogP contribution in [0.2, 0.25) is 0 Å². The van der Waals surface area contributed by atoms with E-state index in [9.17, 15) is 4.79 Å². The number of anilines is 1. The highest BCUT2D eigenvalue weighted by Crippen LogP contribution is 2.08. The summed E-state index contributed by atoms with van der Waals surface area (Å²) in [5, 5.41) is 6.17. The topological polar surface area (TPSA) is 90.1 Å². The molecule has 1 N–H and O–H groups in total. The normalized spacial score (nSPS) is 10.1. The van der Waals surface area contributed by atoms with Crippen molar-refractivity contribution in [1.82, 2.24) is 15.1 Å². The molecule has 0 aromatic carbocycles. The van der Waals surface area contributed by atoms with Gasteiger partial charge in [0, 0.05) is 17.8 Å². The van der Waals surface area contributed by atoms with Crippen LogP contribution in [0.15, 0.2) is 23.0 Å². The molecule has 2 aromatic heterocycles. The fourth-order valence-corrected chi connectivity index (χ4v) is 1.25. The molecule has 0 spiro atoms. The van der Waals surface area contributed by atoms with E-state index < -0.39 is 0 Å². The molecule has 0 radical (unpaired) electrons. The lowest BCUT2D eigenvalue weighted by atomic mass is 10.4. The average molecular weight is 248 g/mol. The minimum Gasteiger partial charge on any atom is -0.467 e. The summed E-state index contributed by atoms with van der Waals surface area (Å²) in [4.78, 5) is 19.3. The van der Waals surface area contributed by atoms with E-state index >= 15 is 0 Å². The van der Waals surface area contributed by atoms with Crippen LogP contribution in [-0.2, 0) is 4.79 Å². The van der Waals surface area contributed by atoms with Crippen molar-refractivity contribution in [2.75, 3.05) is 11.9 Å². The number of nitrogens with one attached hydrogen (secondary N) is 1. The summed E-state index contributed by atoms with van der Waals surface area (Å²) in [5.41, 5.74) is 0.771. The summed E-state index contributed by atoms with van der Waals surface area (Å²) >= 11 is 0. The van der Waals surface area contributed by atoms with Gasteiger partial charge < -0.3 is 14.6 Å². The van der Waals surface area contributed by atoms with E-state index in [2.05, 4.69) is 20.4 Å². The summed E-state index contributed by atoms with van der Waals surface area (Å²) < 4.78 is 10.0. The molecule has 0 saturated carbocycles. The van der Waals surface area contributed by atoms with Gasteiger partial charge in [0.1, 0.15) is 12.1 Å². The van der Waals surface area contributed by atoms with Gasteiger partial charge in [0.25, 0.3) is 5.91 Å². The number of nitrogens with zero attached hydrogens (tertiary/aromatic N) is 3. The zero-order valence-corrected chi connectivity index (χ0v) is 10.0. The molecule has 0 bridgehead atoms. The minimum atomic E-state index is -0.334. The molecule has 1 amide bonds. The summed E-state index contributed by atoms with van der Waals surface area (Å²) in [6.45, 7) is 3.40. The Bertz CT molecular complexity index is 553. The van der Waals surface area contributed by atoms with Gasteiger partial charge in [-0.2, -0.15) is 0 Å². The molecular weight excluding hydrogens is 236 g/mol. The molecular formula is C11H12N4O3. The standard InChI is InChI=1S/C11H12N4O3/c1-7-3-11(13-6-12-7)17-5-10(16)14-9-4-8(2)18-15-9/h3-4,6H,5H2,1-2H3,(H,14,15,16). The maximum atomic E-state index is 11.5. The van der Waals surface area contributed by atoms with E-state index in [4.69, 9.17) is 9.26 Å². The second-order valence-corrected chi connectivity index (χ2v) is 3.66. The number of hydrogen-bond acceptors (Lipinski definition) is 6. The number of carbonyl (C=O) groups excluding carboxylic acids is 1. The Morgan fingerprint density at radius 2 is 2.22 bits per heavy atom. The summed E-state index contributed by atoms with van der Waals surface area (Å²) in [5.74, 6) is 1.01. The summed E-state index contributed by atoms with van der Waals surface area (Å²) in [7, 11) is 0. The Hall–Kier alpha value is -2.44. The van der Waals surface area contributed by atoms with E-state index in [1.54, 1.807) is 19.1 Å². The van der Waals surface area contributed by atoms with Gasteiger partial charge in [0.05, 0.1) is 0 Å². The minimum absolute atomic E-state index is 0.150. The van der Waals surface area contributed by atoms with Gasteiger partial charge in [-0.15, -0.1) is 0 Å². The van der Waals surface area contributed by atoms with Crippen molar-refractivity contribution < 1.29 is 14.1 Å². The van der Waals surface area contributed by atoms with Crippen molar-refractivity contribution in [2.45, 2.75) is 13.8 Å². The van der Waals surface area contributed by atoms with Gasteiger partial charge >= 0.3 is 0 Å². The largest absolute Gasteiger partial charge is 0.467 e. The fourth-order valence-electron chi connectivity index (χ4n) is 1.25. The lowest BCUT2D eigenvalue weighted by molar-refractivity contribution is -0.118. The van der Waals surface area contributed by atoms with Gasteiger partial charge in [0.2, 0.25) is 5.88 Å². The van der Waals surface area contributed by atoms with Crippen LogP contribution in [-0.4, -0.2) is 27.6 Å². The summed E-state index contributed by atoms with van der Waals surface area (Å²) in [6.07, 6.45) is 1.38. The number of ether oxygens (including phenoxy) is 1. The van der Waals surface area contributed by atoms with Crippen molar-refractivity contribution >= 4 is 11.7 Å². The lowest BCUT2D eigenvalue weighted by Gasteiger charge is -2.04. The molecule has 0 unspecified atom stereocenters. The van der Waals surface area contributed by atoms with E-state index in [1.807, 2.05) is 6.92 Å². The van der Waals surface area contributed by atoms with Gasteiger partial charge in [-0.25, -0.2) is 9.97 Å². The van der Waals surface area contributed by atoms with Crippen LogP contribution in [0.1, 0.15) is 11.5 Å². The molecule has 94 valence electrons. The van der Waals surface area contributed by atoms with E-state index in [1.165, 1.54) is 6.33 Å². The van der Waals surface area contributed by atoms with Crippen LogP contribution in [0.4, 0.5) is 5.82 Å². The molecule has 7 heteroatoms. The van der Waals surface area contributed by atoms with Crippen molar-refractivity contribution in [3.05, 3.63) is 29.9 Å². The predicted octanol–water partition coefficient (Wildman–Crippen LogP) is 1.10. The lowest BCUT2D eigenvalue weighted by Crippen LogP contribution is -2.20. The third kappa shape index (κ3) is 3.27. The van der Waals surface area contributed by atoms with Gasteiger partial charge in [-0.05, 0) is 13.8 Å². The highest BCUT2D eigenvalue weighted by molar-refractivity contribution is 5.90. The van der Waals surface area contributed by atoms with Crippen molar-refractivity contribution in [2.24, 2.45) is 0 Å². The highest BCUT2D eigenvalue weighted by Gasteiger charge is 2.07. The molecule has 0 aliphatic rings. The zero-order chi connectivity index (χ0) is 13.0. The molecule has 2 heterocycles. The second kappa shape index (κ2) is 5.26. The monoisotopic (exact) mass is 248 g/mol. The Labute approximate surface area is 103 Å². The first-order valence-corrected chi connectivity index (χ1v) is 5.28. The molecule has 0 aliphatic carbocycles. The van der Waals surface area contributed by atoms with Gasteiger partial charge in [-0.1, -0.05) is 5.16 Å². The van der Waals surface area contributed by atoms with Gasteiger partial charge in [-0.3, -0.25) is 4.79 Å². The van der Waals surface area contributed by atoms with E-state index in [-0.39, 0.29) is 12.5 Å². The summed E-state index contributed by atoms with van der Waals surface area (Å²) in [6, 6.07) is 3.26. The quantitative estimate of drug-likeness (QED) is 0.871. The molecule has 0 saturated heterocycles. The van der Waals surface area contributed by atoms with Crippen molar-refractivity contribution in [3.8, 4) is 5.88 Å². The van der Waals surface area contributed by atoms with Crippen LogP contribution in [0.3, 0.4) is 0 Å². The maximum Gasteiger partial charge on any atom is 0.263 e. The van der Waals surface area contributed by atoms with E-state index in [0.29, 0.717) is 17.5 Å². The number of rotatable bonds is 4. The SMILES string of the molecule is Cc1cc(OCC(=O)Nc2cc(C)on2)ncn1. The predicted molar refractivity (Wildman–Crippen MR) is 62.1 cm³/mol. The molecule has 0 aliphatic heterocycles. The smallest absolute Gasteiger partial charge is 0.263 e. The van der Waals surface area contributed by atoms with Crippen LogP contribution in [0.25, 0.3) is 0 Å². The third-order valence-electron chi connectivity index (χ3n) is 2.03. The van der Waals surface area contributed by atoms with Crippen molar-refractivity contribution in [3.63, 3.8) is 0 Å². The molecule has 2 rings (SSSR count).